The van der Waals surface area contributed by atoms with Gasteiger partial charge in [0.1, 0.15) is 0 Å². The summed E-state index contributed by atoms with van der Waals surface area (Å²) in [4.78, 5) is 0. The fourth-order valence-corrected chi connectivity index (χ4v) is 2.93. The van der Waals surface area contributed by atoms with Crippen LogP contribution < -0.4 is 0 Å². The fourth-order valence-electron chi connectivity index (χ4n) is 2.80. The normalized spacial score (nSPS) is 17.5. The molecule has 1 fully saturated rings. The Morgan fingerprint density at radius 1 is 0.765 bits per heavy atom. The van der Waals surface area contributed by atoms with Gasteiger partial charge < -0.3 is 0 Å². The fraction of sp³-hybridized carbons (Fsp3) is 0.250. The summed E-state index contributed by atoms with van der Waals surface area (Å²) in [6, 6.07) is 19.2. The van der Waals surface area contributed by atoms with Crippen LogP contribution in [0.2, 0.25) is 5.02 Å². The molecule has 0 radical (unpaired) electrons. The van der Waals surface area contributed by atoms with E-state index in [0.717, 1.165) is 5.02 Å². The predicted molar refractivity (Wildman–Crippen MR) is 72.5 cm³/mol. The van der Waals surface area contributed by atoms with Gasteiger partial charge in [-0.1, -0.05) is 60.5 Å². The van der Waals surface area contributed by atoms with Crippen molar-refractivity contribution in [1.29, 1.82) is 0 Å². The molecule has 1 aliphatic carbocycles. The molecule has 0 heterocycles. The van der Waals surface area contributed by atoms with Crippen LogP contribution in [0, 0.1) is 0 Å². The maximum Gasteiger partial charge on any atom is 0.0406 e. The third-order valence-electron chi connectivity index (χ3n) is 3.93. The van der Waals surface area contributed by atoms with Crippen LogP contribution in [0.4, 0.5) is 0 Å². The zero-order valence-electron chi connectivity index (χ0n) is 9.70. The highest BCUT2D eigenvalue weighted by molar-refractivity contribution is 6.30. The molecule has 17 heavy (non-hydrogen) atoms. The van der Waals surface area contributed by atoms with Crippen molar-refractivity contribution < 1.29 is 0 Å². The quantitative estimate of drug-likeness (QED) is 0.709. The molecule has 0 saturated heterocycles. The predicted octanol–water partition coefficient (Wildman–Crippen LogP) is 4.81. The van der Waals surface area contributed by atoms with Crippen LogP contribution in [0.25, 0.3) is 0 Å². The van der Waals surface area contributed by atoms with E-state index in [1.807, 2.05) is 12.1 Å². The lowest BCUT2D eigenvalue weighted by Crippen LogP contribution is -2.35. The smallest absolute Gasteiger partial charge is 0.0406 e. The van der Waals surface area contributed by atoms with Crippen LogP contribution in [-0.2, 0) is 5.41 Å². The Morgan fingerprint density at radius 3 is 1.88 bits per heavy atom. The first-order valence-corrected chi connectivity index (χ1v) is 6.51. The largest absolute Gasteiger partial charge is 0.0843 e. The van der Waals surface area contributed by atoms with E-state index in [0.29, 0.717) is 0 Å². The van der Waals surface area contributed by atoms with Crippen LogP contribution in [0.5, 0.6) is 0 Å². The van der Waals surface area contributed by atoms with Gasteiger partial charge in [-0.3, -0.25) is 0 Å². The van der Waals surface area contributed by atoms with Gasteiger partial charge in [0, 0.05) is 10.4 Å². The molecular formula is C16H15Cl. The number of halogens is 1. The average molecular weight is 243 g/mol. The minimum atomic E-state index is 0.242. The summed E-state index contributed by atoms with van der Waals surface area (Å²) in [7, 11) is 0. The van der Waals surface area contributed by atoms with Crippen molar-refractivity contribution in [2.75, 3.05) is 0 Å². The van der Waals surface area contributed by atoms with Crippen molar-refractivity contribution in [2.45, 2.75) is 24.7 Å². The van der Waals surface area contributed by atoms with Crippen LogP contribution >= 0.6 is 11.6 Å². The first-order valence-electron chi connectivity index (χ1n) is 6.13. The molecule has 1 saturated carbocycles. The lowest BCUT2D eigenvalue weighted by atomic mass is 9.61. The summed E-state index contributed by atoms with van der Waals surface area (Å²) in [5.41, 5.74) is 3.08. The molecule has 0 N–H and O–H groups in total. The summed E-state index contributed by atoms with van der Waals surface area (Å²) < 4.78 is 0. The molecule has 1 aliphatic rings. The summed E-state index contributed by atoms with van der Waals surface area (Å²) >= 11 is 5.97. The minimum Gasteiger partial charge on any atom is -0.0843 e. The molecule has 1 heteroatoms. The first-order chi connectivity index (χ1) is 8.31. The van der Waals surface area contributed by atoms with Crippen molar-refractivity contribution in [1.82, 2.24) is 0 Å². The summed E-state index contributed by atoms with van der Waals surface area (Å²) in [5.74, 6) is 0. The second kappa shape index (κ2) is 4.19. The van der Waals surface area contributed by atoms with Gasteiger partial charge in [-0.25, -0.2) is 0 Å². The van der Waals surface area contributed by atoms with Crippen molar-refractivity contribution in [3.8, 4) is 0 Å². The Balaban J connectivity index is 2.06. The van der Waals surface area contributed by atoms with E-state index in [2.05, 4.69) is 42.5 Å². The maximum absolute atomic E-state index is 5.97. The molecule has 2 aromatic carbocycles. The number of benzene rings is 2. The van der Waals surface area contributed by atoms with Crippen molar-refractivity contribution >= 4 is 11.6 Å². The van der Waals surface area contributed by atoms with E-state index in [-0.39, 0.29) is 5.41 Å². The third kappa shape index (κ3) is 1.77. The van der Waals surface area contributed by atoms with Gasteiger partial charge in [-0.05, 0) is 36.1 Å². The Labute approximate surface area is 107 Å². The van der Waals surface area contributed by atoms with E-state index < -0.39 is 0 Å². The summed E-state index contributed by atoms with van der Waals surface area (Å²) in [6.45, 7) is 0. The van der Waals surface area contributed by atoms with Gasteiger partial charge in [0.05, 0.1) is 0 Å². The van der Waals surface area contributed by atoms with Crippen molar-refractivity contribution in [2.24, 2.45) is 0 Å². The number of hydrogen-bond donors (Lipinski definition) is 0. The van der Waals surface area contributed by atoms with Gasteiger partial charge in [0.2, 0.25) is 0 Å². The van der Waals surface area contributed by atoms with E-state index in [9.17, 15) is 0 Å². The van der Waals surface area contributed by atoms with Crippen LogP contribution in [0.15, 0.2) is 54.6 Å². The van der Waals surface area contributed by atoms with Gasteiger partial charge in [0.25, 0.3) is 0 Å². The third-order valence-corrected chi connectivity index (χ3v) is 4.18. The molecule has 0 aliphatic heterocycles. The second-order valence-electron chi connectivity index (χ2n) is 4.81. The highest BCUT2D eigenvalue weighted by Crippen LogP contribution is 2.48. The summed E-state index contributed by atoms with van der Waals surface area (Å²) in [6.07, 6.45) is 3.81. The summed E-state index contributed by atoms with van der Waals surface area (Å²) in [5, 5.41) is 0.816. The van der Waals surface area contributed by atoms with E-state index in [1.165, 1.54) is 30.4 Å². The molecule has 0 amide bonds. The molecular weight excluding hydrogens is 228 g/mol. The Morgan fingerprint density at radius 2 is 1.35 bits per heavy atom. The van der Waals surface area contributed by atoms with Gasteiger partial charge in [0.15, 0.2) is 0 Å². The maximum atomic E-state index is 5.97. The lowest BCUT2D eigenvalue weighted by Gasteiger charge is -2.43. The molecule has 0 atom stereocenters. The molecule has 0 bridgehead atoms. The standard InChI is InChI=1S/C16H15Cl/c17-15-9-7-14(8-10-15)16(11-4-12-16)13-5-2-1-3-6-13/h1-3,5-10H,4,11-12H2. The second-order valence-corrected chi connectivity index (χ2v) is 5.25. The van der Waals surface area contributed by atoms with Crippen molar-refractivity contribution in [3.63, 3.8) is 0 Å². The van der Waals surface area contributed by atoms with E-state index in [1.54, 1.807) is 0 Å². The Hall–Kier alpha value is -1.27. The van der Waals surface area contributed by atoms with Crippen molar-refractivity contribution in [3.05, 3.63) is 70.7 Å². The molecule has 2 aromatic rings. The molecule has 0 aromatic heterocycles. The molecule has 0 unspecified atom stereocenters. The highest BCUT2D eigenvalue weighted by Gasteiger charge is 2.39. The van der Waals surface area contributed by atoms with Crippen LogP contribution in [0.3, 0.4) is 0 Å². The SMILES string of the molecule is Clc1ccc(C2(c3ccccc3)CCC2)cc1. The zero-order valence-corrected chi connectivity index (χ0v) is 10.5. The molecule has 86 valence electrons. The Kier molecular flexibility index (Phi) is 2.68. The lowest BCUT2D eigenvalue weighted by molar-refractivity contribution is 0.301. The Bertz CT molecular complexity index is 495. The average Bonchev–Trinajstić information content (AvgIpc) is 2.32. The van der Waals surface area contributed by atoms with Crippen LogP contribution in [0.1, 0.15) is 30.4 Å². The van der Waals surface area contributed by atoms with E-state index in [4.69, 9.17) is 11.6 Å². The molecule has 0 nitrogen and oxygen atoms in total. The highest BCUT2D eigenvalue weighted by atomic mass is 35.5. The van der Waals surface area contributed by atoms with E-state index >= 15 is 0 Å². The monoisotopic (exact) mass is 242 g/mol. The minimum absolute atomic E-state index is 0.242. The van der Waals surface area contributed by atoms with Crippen LogP contribution in [-0.4, -0.2) is 0 Å². The topological polar surface area (TPSA) is 0 Å². The van der Waals surface area contributed by atoms with Gasteiger partial charge >= 0.3 is 0 Å². The molecule has 3 rings (SSSR count). The van der Waals surface area contributed by atoms with Gasteiger partial charge in [-0.2, -0.15) is 0 Å². The first kappa shape index (κ1) is 10.9. The zero-order chi connectivity index (χ0) is 11.7. The number of rotatable bonds is 2. The molecule has 0 spiro atoms. The number of hydrogen-bond acceptors (Lipinski definition) is 0. The van der Waals surface area contributed by atoms with Gasteiger partial charge in [-0.15, -0.1) is 0 Å².